The van der Waals surface area contributed by atoms with Crippen LogP contribution in [-0.2, 0) is 15.4 Å². The molecule has 1 saturated heterocycles. The van der Waals surface area contributed by atoms with Gasteiger partial charge in [0.1, 0.15) is 0 Å². The first-order valence-electron chi connectivity index (χ1n) is 5.79. The van der Waals surface area contributed by atoms with E-state index < -0.39 is 15.4 Å². The number of nitrogens with zero attached hydrogens (tertiary/aromatic N) is 2. The molecule has 17 heavy (non-hydrogen) atoms. The highest BCUT2D eigenvalue weighted by Crippen LogP contribution is 2.34. The first-order chi connectivity index (χ1) is 7.75. The summed E-state index contributed by atoms with van der Waals surface area (Å²) in [5.74, 6) is 0.624. The topological polar surface area (TPSA) is 78.0 Å². The highest BCUT2D eigenvalue weighted by atomic mass is 32.2. The maximum Gasteiger partial charge on any atom is 0.152 e. The maximum absolute atomic E-state index is 11.6. The SMILES string of the molecule is CC(C)c1c(N)cnn1C1(C)CCS(=O)(=O)C1. The minimum absolute atomic E-state index is 0.154. The van der Waals surface area contributed by atoms with E-state index in [2.05, 4.69) is 5.10 Å². The summed E-state index contributed by atoms with van der Waals surface area (Å²) in [4.78, 5) is 0. The molecule has 1 atom stereocenters. The van der Waals surface area contributed by atoms with Crippen LogP contribution in [0.1, 0.15) is 38.8 Å². The lowest BCUT2D eigenvalue weighted by Crippen LogP contribution is -2.34. The molecule has 0 radical (unpaired) electrons. The first kappa shape index (κ1) is 12.4. The van der Waals surface area contributed by atoms with Crippen LogP contribution in [0.5, 0.6) is 0 Å². The normalized spacial score (nSPS) is 27.8. The van der Waals surface area contributed by atoms with Crippen molar-refractivity contribution in [3.63, 3.8) is 0 Å². The van der Waals surface area contributed by atoms with Crippen molar-refractivity contribution in [3.8, 4) is 0 Å². The summed E-state index contributed by atoms with van der Waals surface area (Å²) >= 11 is 0. The van der Waals surface area contributed by atoms with E-state index in [4.69, 9.17) is 5.73 Å². The predicted octanol–water partition coefficient (Wildman–Crippen LogP) is 1.12. The molecule has 0 spiro atoms. The molecule has 1 unspecified atom stereocenters. The molecular formula is C11H19N3O2S. The number of hydrogen-bond donors (Lipinski definition) is 1. The number of anilines is 1. The van der Waals surface area contributed by atoms with Crippen LogP contribution in [0.3, 0.4) is 0 Å². The summed E-state index contributed by atoms with van der Waals surface area (Å²) in [5.41, 5.74) is 7.03. The summed E-state index contributed by atoms with van der Waals surface area (Å²) in [5, 5.41) is 4.28. The predicted molar refractivity (Wildman–Crippen MR) is 67.6 cm³/mol. The molecule has 1 aliphatic rings. The van der Waals surface area contributed by atoms with Gasteiger partial charge >= 0.3 is 0 Å². The van der Waals surface area contributed by atoms with Crippen LogP contribution in [0, 0.1) is 0 Å². The van der Waals surface area contributed by atoms with Crippen LogP contribution in [0.2, 0.25) is 0 Å². The van der Waals surface area contributed by atoms with Gasteiger partial charge in [-0.2, -0.15) is 5.10 Å². The second-order valence-corrected chi connectivity index (χ2v) is 7.57. The summed E-state index contributed by atoms with van der Waals surface area (Å²) in [6.07, 6.45) is 2.22. The minimum atomic E-state index is -2.94. The van der Waals surface area contributed by atoms with Gasteiger partial charge in [0.25, 0.3) is 0 Å². The zero-order valence-electron chi connectivity index (χ0n) is 10.5. The molecule has 2 N–H and O–H groups in total. The lowest BCUT2D eigenvalue weighted by atomic mass is 10.00. The van der Waals surface area contributed by atoms with Gasteiger partial charge in [-0.05, 0) is 19.3 Å². The number of aromatic nitrogens is 2. The molecule has 0 saturated carbocycles. The van der Waals surface area contributed by atoms with Crippen molar-refractivity contribution in [1.82, 2.24) is 9.78 Å². The van der Waals surface area contributed by atoms with E-state index in [1.807, 2.05) is 25.5 Å². The molecule has 6 heteroatoms. The fraction of sp³-hybridized carbons (Fsp3) is 0.727. The molecule has 2 rings (SSSR count). The van der Waals surface area contributed by atoms with E-state index in [0.717, 1.165) is 5.69 Å². The molecule has 0 aliphatic carbocycles. The molecule has 96 valence electrons. The van der Waals surface area contributed by atoms with Crippen LogP contribution in [0.4, 0.5) is 5.69 Å². The van der Waals surface area contributed by atoms with Crippen molar-refractivity contribution in [2.75, 3.05) is 17.2 Å². The van der Waals surface area contributed by atoms with Gasteiger partial charge in [-0.1, -0.05) is 13.8 Å². The lowest BCUT2D eigenvalue weighted by Gasteiger charge is -2.26. The second-order valence-electron chi connectivity index (χ2n) is 5.39. The van der Waals surface area contributed by atoms with Crippen LogP contribution < -0.4 is 5.73 Å². The largest absolute Gasteiger partial charge is 0.396 e. The van der Waals surface area contributed by atoms with E-state index in [9.17, 15) is 8.42 Å². The van der Waals surface area contributed by atoms with Crippen molar-refractivity contribution in [2.24, 2.45) is 0 Å². The Morgan fingerprint density at radius 2 is 2.18 bits per heavy atom. The molecule has 1 fully saturated rings. The van der Waals surface area contributed by atoms with Gasteiger partial charge in [0.05, 0.1) is 34.6 Å². The summed E-state index contributed by atoms with van der Waals surface area (Å²) in [6.45, 7) is 6.02. The highest BCUT2D eigenvalue weighted by Gasteiger charge is 2.42. The standard InChI is InChI=1S/C11H19N3O2S/c1-8(2)10-9(12)6-13-14(10)11(3)4-5-17(15,16)7-11/h6,8H,4-5,7,12H2,1-3H3. The van der Waals surface area contributed by atoms with E-state index in [1.165, 1.54) is 0 Å². The van der Waals surface area contributed by atoms with Gasteiger partial charge in [0.15, 0.2) is 9.84 Å². The molecule has 0 bridgehead atoms. The Kier molecular flexibility index (Phi) is 2.72. The van der Waals surface area contributed by atoms with E-state index >= 15 is 0 Å². The summed E-state index contributed by atoms with van der Waals surface area (Å²) < 4.78 is 25.1. The van der Waals surface area contributed by atoms with Crippen LogP contribution >= 0.6 is 0 Å². The minimum Gasteiger partial charge on any atom is -0.396 e. The fourth-order valence-corrected chi connectivity index (χ4v) is 4.65. The van der Waals surface area contributed by atoms with Crippen molar-refractivity contribution >= 4 is 15.5 Å². The molecule has 0 amide bonds. The molecule has 2 heterocycles. The zero-order chi connectivity index (χ0) is 12.8. The quantitative estimate of drug-likeness (QED) is 0.861. The number of nitrogen functional groups attached to an aromatic ring is 1. The van der Waals surface area contributed by atoms with Crippen molar-refractivity contribution < 1.29 is 8.42 Å². The molecule has 1 aliphatic heterocycles. The molecule has 1 aromatic rings. The zero-order valence-corrected chi connectivity index (χ0v) is 11.3. The van der Waals surface area contributed by atoms with E-state index in [-0.39, 0.29) is 17.4 Å². The Bertz CT molecular complexity index is 533. The summed E-state index contributed by atoms with van der Waals surface area (Å²) in [7, 11) is -2.94. The highest BCUT2D eigenvalue weighted by molar-refractivity contribution is 7.91. The smallest absolute Gasteiger partial charge is 0.152 e. The van der Waals surface area contributed by atoms with Crippen LogP contribution in [0.15, 0.2) is 6.20 Å². The van der Waals surface area contributed by atoms with Gasteiger partial charge in [0, 0.05) is 0 Å². The van der Waals surface area contributed by atoms with Crippen LogP contribution in [-0.4, -0.2) is 29.7 Å². The number of sulfone groups is 1. The van der Waals surface area contributed by atoms with E-state index in [0.29, 0.717) is 12.1 Å². The Hall–Kier alpha value is -1.04. The van der Waals surface area contributed by atoms with E-state index in [1.54, 1.807) is 6.20 Å². The lowest BCUT2D eigenvalue weighted by molar-refractivity contribution is 0.314. The second kappa shape index (κ2) is 3.73. The third-order valence-corrected chi connectivity index (χ3v) is 5.26. The summed E-state index contributed by atoms with van der Waals surface area (Å²) in [6, 6.07) is 0. The Morgan fingerprint density at radius 3 is 2.65 bits per heavy atom. The Morgan fingerprint density at radius 1 is 1.53 bits per heavy atom. The average molecular weight is 257 g/mol. The third-order valence-electron chi connectivity index (χ3n) is 3.38. The van der Waals surface area contributed by atoms with Crippen molar-refractivity contribution in [1.29, 1.82) is 0 Å². The number of nitrogens with two attached hydrogens (primary N) is 1. The molecule has 5 nitrogen and oxygen atoms in total. The van der Waals surface area contributed by atoms with Gasteiger partial charge in [-0.3, -0.25) is 4.68 Å². The van der Waals surface area contributed by atoms with Crippen molar-refractivity contribution in [3.05, 3.63) is 11.9 Å². The first-order valence-corrected chi connectivity index (χ1v) is 7.62. The van der Waals surface area contributed by atoms with Gasteiger partial charge in [-0.15, -0.1) is 0 Å². The number of hydrogen-bond acceptors (Lipinski definition) is 4. The third kappa shape index (κ3) is 2.06. The average Bonchev–Trinajstić information content (AvgIpc) is 2.68. The van der Waals surface area contributed by atoms with Crippen molar-refractivity contribution in [2.45, 2.75) is 38.6 Å². The van der Waals surface area contributed by atoms with Gasteiger partial charge < -0.3 is 5.73 Å². The van der Waals surface area contributed by atoms with Crippen LogP contribution in [0.25, 0.3) is 0 Å². The molecular weight excluding hydrogens is 238 g/mol. The fourth-order valence-electron chi connectivity index (χ4n) is 2.54. The monoisotopic (exact) mass is 257 g/mol. The maximum atomic E-state index is 11.6. The Labute approximate surface area is 102 Å². The molecule has 0 aromatic carbocycles. The van der Waals surface area contributed by atoms with Gasteiger partial charge in [-0.25, -0.2) is 8.42 Å². The molecule has 1 aromatic heterocycles. The van der Waals surface area contributed by atoms with Gasteiger partial charge in [0.2, 0.25) is 0 Å². The number of rotatable bonds is 2. The Balaban J connectivity index is 2.48.